The Morgan fingerprint density at radius 1 is 1.00 bits per heavy atom. The maximum Gasteiger partial charge on any atom is 0.126 e. The number of rotatable bonds is 4. The van der Waals surface area contributed by atoms with Gasteiger partial charge in [-0.3, -0.25) is 0 Å². The summed E-state index contributed by atoms with van der Waals surface area (Å²) < 4.78 is 26.1. The summed E-state index contributed by atoms with van der Waals surface area (Å²) in [4.78, 5) is 0. The number of aliphatic hydroxyl groups excluding tert-OH is 1. The van der Waals surface area contributed by atoms with Crippen LogP contribution in [0.1, 0.15) is 29.2 Å². The van der Waals surface area contributed by atoms with E-state index >= 15 is 0 Å². The molecule has 0 radical (unpaired) electrons. The molecule has 3 heteroatoms. The third-order valence-electron chi connectivity index (χ3n) is 3.10. The molecule has 0 saturated carbocycles. The highest BCUT2D eigenvalue weighted by atomic mass is 19.1. The van der Waals surface area contributed by atoms with Crippen molar-refractivity contribution in [1.29, 1.82) is 0 Å². The molecule has 2 aromatic rings. The van der Waals surface area contributed by atoms with Gasteiger partial charge in [0.2, 0.25) is 0 Å². The van der Waals surface area contributed by atoms with Gasteiger partial charge in [0.15, 0.2) is 0 Å². The van der Waals surface area contributed by atoms with Gasteiger partial charge in [-0.2, -0.15) is 0 Å². The molecular weight excluding hydrogens is 246 g/mol. The summed E-state index contributed by atoms with van der Waals surface area (Å²) in [6.07, 6.45) is 0.248. The fraction of sp³-hybridized carbons (Fsp3) is 0.250. The first-order valence-electron chi connectivity index (χ1n) is 6.24. The van der Waals surface area contributed by atoms with Gasteiger partial charge in [-0.25, -0.2) is 8.78 Å². The van der Waals surface area contributed by atoms with E-state index in [-0.39, 0.29) is 5.56 Å². The van der Waals surface area contributed by atoms with Gasteiger partial charge in [0, 0.05) is 6.07 Å². The molecule has 0 saturated heterocycles. The predicted molar refractivity (Wildman–Crippen MR) is 70.8 cm³/mol. The molecule has 19 heavy (non-hydrogen) atoms. The second-order valence-corrected chi connectivity index (χ2v) is 4.74. The van der Waals surface area contributed by atoms with Gasteiger partial charge < -0.3 is 5.11 Å². The number of aryl methyl sites for hydroxylation is 2. The molecule has 1 atom stereocenters. The fourth-order valence-corrected chi connectivity index (χ4v) is 1.99. The molecule has 0 heterocycles. The minimum Gasteiger partial charge on any atom is -0.388 e. The van der Waals surface area contributed by atoms with Crippen LogP contribution in [0.5, 0.6) is 0 Å². The summed E-state index contributed by atoms with van der Waals surface area (Å²) in [7, 11) is 0. The lowest BCUT2D eigenvalue weighted by molar-refractivity contribution is 0.167. The zero-order chi connectivity index (χ0) is 13.8. The Kier molecular flexibility index (Phi) is 4.27. The standard InChI is InChI=1S/C16H16F2O/c1-11-2-4-12(5-3-11)6-7-16(19)13-8-14(17)10-15(18)9-13/h2-5,8-10,16,19H,6-7H2,1H3. The number of aliphatic hydroxyl groups is 1. The van der Waals surface area contributed by atoms with Crippen molar-refractivity contribution in [2.45, 2.75) is 25.9 Å². The smallest absolute Gasteiger partial charge is 0.126 e. The summed E-state index contributed by atoms with van der Waals surface area (Å²) in [5.74, 6) is -1.33. The Morgan fingerprint density at radius 3 is 2.16 bits per heavy atom. The first kappa shape index (κ1) is 13.7. The van der Waals surface area contributed by atoms with Crippen LogP contribution >= 0.6 is 0 Å². The first-order chi connectivity index (χ1) is 9.04. The molecule has 0 aliphatic carbocycles. The van der Waals surface area contributed by atoms with E-state index < -0.39 is 17.7 Å². The van der Waals surface area contributed by atoms with Gasteiger partial charge in [-0.05, 0) is 43.0 Å². The van der Waals surface area contributed by atoms with E-state index in [0.29, 0.717) is 12.8 Å². The molecule has 0 aliphatic rings. The van der Waals surface area contributed by atoms with E-state index in [2.05, 4.69) is 0 Å². The third-order valence-corrected chi connectivity index (χ3v) is 3.10. The number of hydrogen-bond acceptors (Lipinski definition) is 1. The van der Waals surface area contributed by atoms with Crippen LogP contribution in [-0.2, 0) is 6.42 Å². The van der Waals surface area contributed by atoms with Crippen LogP contribution in [0.2, 0.25) is 0 Å². The molecule has 2 rings (SSSR count). The minimum atomic E-state index is -0.855. The van der Waals surface area contributed by atoms with Gasteiger partial charge in [0.05, 0.1) is 6.10 Å². The Balaban J connectivity index is 2.00. The Morgan fingerprint density at radius 2 is 1.58 bits per heavy atom. The lowest BCUT2D eigenvalue weighted by Gasteiger charge is -2.11. The van der Waals surface area contributed by atoms with Gasteiger partial charge >= 0.3 is 0 Å². The Bertz CT molecular complexity index is 529. The van der Waals surface area contributed by atoms with Crippen molar-refractivity contribution in [3.63, 3.8) is 0 Å². The summed E-state index contributed by atoms with van der Waals surface area (Å²) in [6.45, 7) is 2.01. The van der Waals surface area contributed by atoms with Crippen LogP contribution in [0.25, 0.3) is 0 Å². The van der Waals surface area contributed by atoms with E-state index in [1.165, 1.54) is 17.7 Å². The van der Waals surface area contributed by atoms with Crippen LogP contribution < -0.4 is 0 Å². The normalized spacial score (nSPS) is 12.4. The molecular formula is C16H16F2O. The molecule has 0 fully saturated rings. The van der Waals surface area contributed by atoms with E-state index in [9.17, 15) is 13.9 Å². The number of benzene rings is 2. The highest BCUT2D eigenvalue weighted by molar-refractivity contribution is 5.23. The highest BCUT2D eigenvalue weighted by Gasteiger charge is 2.10. The maximum atomic E-state index is 13.0. The highest BCUT2D eigenvalue weighted by Crippen LogP contribution is 2.21. The molecule has 1 N–H and O–H groups in total. The Labute approximate surface area is 111 Å². The largest absolute Gasteiger partial charge is 0.388 e. The number of halogens is 2. The SMILES string of the molecule is Cc1ccc(CCC(O)c2cc(F)cc(F)c2)cc1. The lowest BCUT2D eigenvalue weighted by Crippen LogP contribution is -2.01. The molecule has 2 aromatic carbocycles. The maximum absolute atomic E-state index is 13.0. The van der Waals surface area contributed by atoms with Crippen LogP contribution in [0.4, 0.5) is 8.78 Å². The van der Waals surface area contributed by atoms with Crippen molar-refractivity contribution in [3.05, 3.63) is 70.8 Å². The monoisotopic (exact) mass is 262 g/mol. The van der Waals surface area contributed by atoms with Crippen LogP contribution in [0.15, 0.2) is 42.5 Å². The molecule has 0 spiro atoms. The summed E-state index contributed by atoms with van der Waals surface area (Å²) in [6, 6.07) is 11.1. The van der Waals surface area contributed by atoms with Crippen molar-refractivity contribution in [1.82, 2.24) is 0 Å². The van der Waals surface area contributed by atoms with E-state index in [1.54, 1.807) is 0 Å². The molecule has 1 unspecified atom stereocenters. The van der Waals surface area contributed by atoms with E-state index in [1.807, 2.05) is 31.2 Å². The average Bonchev–Trinajstić information content (AvgIpc) is 2.36. The molecule has 0 aliphatic heterocycles. The second-order valence-electron chi connectivity index (χ2n) is 4.74. The van der Waals surface area contributed by atoms with Crippen molar-refractivity contribution < 1.29 is 13.9 Å². The topological polar surface area (TPSA) is 20.2 Å². The van der Waals surface area contributed by atoms with Crippen molar-refractivity contribution >= 4 is 0 Å². The van der Waals surface area contributed by atoms with Crippen molar-refractivity contribution in [2.24, 2.45) is 0 Å². The van der Waals surface area contributed by atoms with E-state index in [0.717, 1.165) is 11.6 Å². The average molecular weight is 262 g/mol. The van der Waals surface area contributed by atoms with E-state index in [4.69, 9.17) is 0 Å². The molecule has 100 valence electrons. The first-order valence-corrected chi connectivity index (χ1v) is 6.24. The van der Waals surface area contributed by atoms with Crippen LogP contribution in [0.3, 0.4) is 0 Å². The number of hydrogen-bond donors (Lipinski definition) is 1. The second kappa shape index (κ2) is 5.93. The van der Waals surface area contributed by atoms with Crippen molar-refractivity contribution in [3.8, 4) is 0 Å². The molecule has 1 nitrogen and oxygen atoms in total. The summed E-state index contributed by atoms with van der Waals surface area (Å²) in [5.41, 5.74) is 2.56. The molecule has 0 bridgehead atoms. The zero-order valence-corrected chi connectivity index (χ0v) is 10.7. The zero-order valence-electron chi connectivity index (χ0n) is 10.7. The van der Waals surface area contributed by atoms with Crippen molar-refractivity contribution in [2.75, 3.05) is 0 Å². The molecule has 0 amide bonds. The quantitative estimate of drug-likeness (QED) is 0.884. The van der Waals surface area contributed by atoms with Gasteiger partial charge in [-0.1, -0.05) is 29.8 Å². The fourth-order valence-electron chi connectivity index (χ4n) is 1.99. The lowest BCUT2D eigenvalue weighted by atomic mass is 10.0. The Hall–Kier alpha value is -1.74. The molecule has 0 aromatic heterocycles. The predicted octanol–water partition coefficient (Wildman–Crippen LogP) is 3.94. The van der Waals surface area contributed by atoms with Gasteiger partial charge in [0.25, 0.3) is 0 Å². The summed E-state index contributed by atoms with van der Waals surface area (Å²) >= 11 is 0. The van der Waals surface area contributed by atoms with Gasteiger partial charge in [0.1, 0.15) is 11.6 Å². The van der Waals surface area contributed by atoms with Crippen LogP contribution in [0, 0.1) is 18.6 Å². The summed E-state index contributed by atoms with van der Waals surface area (Å²) in [5, 5.41) is 9.95. The minimum absolute atomic E-state index is 0.282. The third kappa shape index (κ3) is 3.86. The van der Waals surface area contributed by atoms with Crippen LogP contribution in [-0.4, -0.2) is 5.11 Å². The van der Waals surface area contributed by atoms with Gasteiger partial charge in [-0.15, -0.1) is 0 Å².